The zero-order valence-electron chi connectivity index (χ0n) is 9.76. The summed E-state index contributed by atoms with van der Waals surface area (Å²) in [5.74, 6) is 0. The number of hydrogen-bond acceptors (Lipinski definition) is 2. The Kier molecular flexibility index (Phi) is 11.4. The SMILES string of the molecule is C=C(C(N)CCC)C(C)OC.CC. The van der Waals surface area contributed by atoms with Crippen LogP contribution in [0.4, 0.5) is 0 Å². The molecule has 80 valence electrons. The molecule has 0 aliphatic carbocycles. The minimum absolute atomic E-state index is 0.0801. The van der Waals surface area contributed by atoms with Gasteiger partial charge in [-0.2, -0.15) is 0 Å². The number of hydrogen-bond donors (Lipinski definition) is 1. The Bertz CT molecular complexity index is 123. The lowest BCUT2D eigenvalue weighted by molar-refractivity contribution is 0.141. The van der Waals surface area contributed by atoms with Crippen molar-refractivity contribution in [1.29, 1.82) is 0 Å². The fourth-order valence-corrected chi connectivity index (χ4v) is 0.949. The highest BCUT2D eigenvalue weighted by Gasteiger charge is 2.11. The topological polar surface area (TPSA) is 35.2 Å². The molecule has 2 unspecified atom stereocenters. The molecule has 0 amide bonds. The van der Waals surface area contributed by atoms with Crippen molar-refractivity contribution in [1.82, 2.24) is 0 Å². The predicted octanol–water partition coefficient (Wildman–Crippen LogP) is 2.73. The Morgan fingerprint density at radius 3 is 2.23 bits per heavy atom. The summed E-state index contributed by atoms with van der Waals surface area (Å²) in [5.41, 5.74) is 6.82. The smallest absolute Gasteiger partial charge is 0.0765 e. The van der Waals surface area contributed by atoms with E-state index >= 15 is 0 Å². The van der Waals surface area contributed by atoms with Gasteiger partial charge in [0.25, 0.3) is 0 Å². The molecular weight excluding hydrogens is 162 g/mol. The lowest BCUT2D eigenvalue weighted by Crippen LogP contribution is -2.28. The second-order valence-corrected chi connectivity index (χ2v) is 2.85. The molecule has 13 heavy (non-hydrogen) atoms. The van der Waals surface area contributed by atoms with Gasteiger partial charge in [0.2, 0.25) is 0 Å². The molecule has 0 spiro atoms. The molecule has 0 aromatic heterocycles. The van der Waals surface area contributed by atoms with E-state index in [-0.39, 0.29) is 12.1 Å². The Hall–Kier alpha value is -0.340. The van der Waals surface area contributed by atoms with Crippen molar-refractivity contribution >= 4 is 0 Å². The van der Waals surface area contributed by atoms with E-state index in [2.05, 4.69) is 13.5 Å². The first-order valence-electron chi connectivity index (χ1n) is 5.10. The van der Waals surface area contributed by atoms with Crippen LogP contribution in [0.2, 0.25) is 0 Å². The van der Waals surface area contributed by atoms with Crippen molar-refractivity contribution in [2.45, 2.75) is 52.7 Å². The third-order valence-corrected chi connectivity index (χ3v) is 1.95. The maximum atomic E-state index is 5.82. The van der Waals surface area contributed by atoms with Crippen LogP contribution in [0.15, 0.2) is 12.2 Å². The molecule has 0 radical (unpaired) electrons. The fraction of sp³-hybridized carbons (Fsp3) is 0.818. The van der Waals surface area contributed by atoms with Crippen molar-refractivity contribution in [2.75, 3.05) is 7.11 Å². The van der Waals surface area contributed by atoms with Gasteiger partial charge in [-0.05, 0) is 18.9 Å². The van der Waals surface area contributed by atoms with E-state index in [1.165, 1.54) is 0 Å². The molecule has 0 rings (SSSR count). The van der Waals surface area contributed by atoms with Gasteiger partial charge in [-0.3, -0.25) is 0 Å². The number of ether oxygens (including phenoxy) is 1. The third kappa shape index (κ3) is 6.79. The third-order valence-electron chi connectivity index (χ3n) is 1.95. The zero-order valence-corrected chi connectivity index (χ0v) is 9.76. The number of rotatable bonds is 5. The first-order valence-corrected chi connectivity index (χ1v) is 5.10. The van der Waals surface area contributed by atoms with E-state index in [9.17, 15) is 0 Å². The van der Waals surface area contributed by atoms with Crippen LogP contribution >= 0.6 is 0 Å². The molecule has 0 aliphatic heterocycles. The molecule has 0 heterocycles. The monoisotopic (exact) mass is 187 g/mol. The summed E-state index contributed by atoms with van der Waals surface area (Å²) in [6.45, 7) is 12.0. The number of nitrogens with two attached hydrogens (primary N) is 1. The van der Waals surface area contributed by atoms with Crippen molar-refractivity contribution in [2.24, 2.45) is 5.73 Å². The van der Waals surface area contributed by atoms with E-state index in [0.717, 1.165) is 18.4 Å². The van der Waals surface area contributed by atoms with E-state index in [0.29, 0.717) is 0 Å². The average molecular weight is 187 g/mol. The standard InChI is InChI=1S/C9H19NO.C2H6/c1-5-6-9(10)7(2)8(3)11-4;1-2/h8-9H,2,5-6,10H2,1,3-4H3;1-2H3. The van der Waals surface area contributed by atoms with Gasteiger partial charge >= 0.3 is 0 Å². The molecule has 0 aromatic carbocycles. The summed E-state index contributed by atoms with van der Waals surface area (Å²) < 4.78 is 5.10. The first-order chi connectivity index (χ1) is 6.13. The van der Waals surface area contributed by atoms with Gasteiger partial charge in [0.05, 0.1) is 6.10 Å². The average Bonchev–Trinajstić information content (AvgIpc) is 2.19. The van der Waals surface area contributed by atoms with Crippen molar-refractivity contribution in [3.05, 3.63) is 12.2 Å². The van der Waals surface area contributed by atoms with Gasteiger partial charge < -0.3 is 10.5 Å². The van der Waals surface area contributed by atoms with E-state index in [1.807, 2.05) is 20.8 Å². The summed E-state index contributed by atoms with van der Waals surface area (Å²) in [6, 6.07) is 0.0925. The highest BCUT2D eigenvalue weighted by Crippen LogP contribution is 2.10. The fourth-order valence-electron chi connectivity index (χ4n) is 0.949. The van der Waals surface area contributed by atoms with Crippen molar-refractivity contribution in [3.63, 3.8) is 0 Å². The quantitative estimate of drug-likeness (QED) is 0.672. The van der Waals surface area contributed by atoms with Gasteiger partial charge in [-0.15, -0.1) is 0 Å². The Morgan fingerprint density at radius 1 is 1.46 bits per heavy atom. The minimum Gasteiger partial charge on any atom is -0.377 e. The minimum atomic E-state index is 0.0801. The van der Waals surface area contributed by atoms with Crippen LogP contribution in [0.5, 0.6) is 0 Å². The Balaban J connectivity index is 0. The molecule has 0 saturated heterocycles. The molecule has 2 N–H and O–H groups in total. The lowest BCUT2D eigenvalue weighted by atomic mass is 10.0. The normalized spacial score (nSPS) is 14.0. The predicted molar refractivity (Wildman–Crippen MR) is 59.8 cm³/mol. The highest BCUT2D eigenvalue weighted by molar-refractivity contribution is 5.09. The van der Waals surface area contributed by atoms with Crippen LogP contribution in [-0.4, -0.2) is 19.3 Å². The molecule has 2 nitrogen and oxygen atoms in total. The Morgan fingerprint density at radius 2 is 1.92 bits per heavy atom. The summed E-state index contributed by atoms with van der Waals surface area (Å²) >= 11 is 0. The van der Waals surface area contributed by atoms with Crippen LogP contribution < -0.4 is 5.73 Å². The summed E-state index contributed by atoms with van der Waals surface area (Å²) in [6.07, 6.45) is 2.17. The van der Waals surface area contributed by atoms with Gasteiger partial charge in [-0.1, -0.05) is 33.8 Å². The van der Waals surface area contributed by atoms with Gasteiger partial charge in [0, 0.05) is 13.2 Å². The maximum Gasteiger partial charge on any atom is 0.0765 e. The summed E-state index contributed by atoms with van der Waals surface area (Å²) in [4.78, 5) is 0. The van der Waals surface area contributed by atoms with E-state index in [4.69, 9.17) is 10.5 Å². The zero-order chi connectivity index (χ0) is 10.9. The number of methoxy groups -OCH3 is 1. The van der Waals surface area contributed by atoms with Crippen LogP contribution in [0.3, 0.4) is 0 Å². The van der Waals surface area contributed by atoms with Gasteiger partial charge in [0.1, 0.15) is 0 Å². The molecule has 0 aliphatic rings. The van der Waals surface area contributed by atoms with Gasteiger partial charge in [0.15, 0.2) is 0 Å². The second kappa shape index (κ2) is 9.75. The highest BCUT2D eigenvalue weighted by atomic mass is 16.5. The molecule has 0 saturated carbocycles. The maximum absolute atomic E-state index is 5.82. The molecular formula is C11H25NO. The van der Waals surface area contributed by atoms with Crippen LogP contribution in [0.1, 0.15) is 40.5 Å². The molecule has 0 aromatic rings. The van der Waals surface area contributed by atoms with E-state index in [1.54, 1.807) is 7.11 Å². The largest absolute Gasteiger partial charge is 0.377 e. The Labute approximate surface area is 83.2 Å². The van der Waals surface area contributed by atoms with E-state index < -0.39 is 0 Å². The molecule has 2 heteroatoms. The summed E-state index contributed by atoms with van der Waals surface area (Å²) in [5, 5.41) is 0. The van der Waals surface area contributed by atoms with Crippen LogP contribution in [-0.2, 0) is 4.74 Å². The van der Waals surface area contributed by atoms with Gasteiger partial charge in [-0.25, -0.2) is 0 Å². The van der Waals surface area contributed by atoms with Crippen LogP contribution in [0.25, 0.3) is 0 Å². The lowest BCUT2D eigenvalue weighted by Gasteiger charge is -2.18. The molecule has 0 bridgehead atoms. The van der Waals surface area contributed by atoms with Crippen molar-refractivity contribution < 1.29 is 4.74 Å². The van der Waals surface area contributed by atoms with Crippen LogP contribution in [0, 0.1) is 0 Å². The molecule has 2 atom stereocenters. The first kappa shape index (κ1) is 15.1. The second-order valence-electron chi connectivity index (χ2n) is 2.85. The molecule has 0 fully saturated rings. The summed E-state index contributed by atoms with van der Waals surface area (Å²) in [7, 11) is 1.68. The van der Waals surface area contributed by atoms with Crippen molar-refractivity contribution in [3.8, 4) is 0 Å².